The average Bonchev–Trinajstić information content (AvgIpc) is 2.70. The number of piperidine rings is 1. The standard InChI is InChI=1S/C22H27FN2O2/c1-16-11-13-25(14-12-16)21(17-7-9-18(27-2)10-8-17)15-24-22(26)19-5-3-4-6-20(19)23/h3-10,16,21H,11-15H2,1-2H3,(H,24,26). The first-order valence-electron chi connectivity index (χ1n) is 9.49. The molecule has 0 aromatic heterocycles. The molecule has 1 aliphatic rings. The predicted molar refractivity (Wildman–Crippen MR) is 104 cm³/mol. The maximum absolute atomic E-state index is 13.9. The zero-order valence-corrected chi connectivity index (χ0v) is 16.0. The molecule has 1 saturated heterocycles. The summed E-state index contributed by atoms with van der Waals surface area (Å²) in [4.78, 5) is 14.9. The van der Waals surface area contributed by atoms with Crippen LogP contribution in [0.25, 0.3) is 0 Å². The van der Waals surface area contributed by atoms with Crippen LogP contribution in [0.15, 0.2) is 48.5 Å². The summed E-state index contributed by atoms with van der Waals surface area (Å²) < 4.78 is 19.1. The summed E-state index contributed by atoms with van der Waals surface area (Å²) in [5.74, 6) is 0.658. The predicted octanol–water partition coefficient (Wildman–Crippen LogP) is 4.04. The van der Waals surface area contributed by atoms with Crippen molar-refractivity contribution in [3.8, 4) is 5.75 Å². The van der Waals surface area contributed by atoms with Crippen LogP contribution in [-0.2, 0) is 0 Å². The van der Waals surface area contributed by atoms with Gasteiger partial charge in [-0.25, -0.2) is 4.39 Å². The highest BCUT2D eigenvalue weighted by Gasteiger charge is 2.25. The molecular weight excluding hydrogens is 343 g/mol. The number of nitrogens with zero attached hydrogens (tertiary/aromatic N) is 1. The van der Waals surface area contributed by atoms with Crippen molar-refractivity contribution in [3.05, 3.63) is 65.5 Å². The Labute approximate surface area is 160 Å². The van der Waals surface area contributed by atoms with Crippen LogP contribution in [0.5, 0.6) is 5.75 Å². The Morgan fingerprint density at radius 3 is 2.48 bits per heavy atom. The van der Waals surface area contributed by atoms with E-state index in [1.54, 1.807) is 19.2 Å². The van der Waals surface area contributed by atoms with Crippen LogP contribution in [-0.4, -0.2) is 37.6 Å². The van der Waals surface area contributed by atoms with Crippen LogP contribution < -0.4 is 10.1 Å². The number of nitrogens with one attached hydrogen (secondary N) is 1. The minimum Gasteiger partial charge on any atom is -0.497 e. The highest BCUT2D eigenvalue weighted by Crippen LogP contribution is 2.27. The molecule has 1 fully saturated rings. The van der Waals surface area contributed by atoms with Crippen LogP contribution in [0.1, 0.15) is 41.7 Å². The molecule has 0 spiro atoms. The van der Waals surface area contributed by atoms with Gasteiger partial charge in [-0.2, -0.15) is 0 Å². The lowest BCUT2D eigenvalue weighted by molar-refractivity contribution is 0.0909. The third kappa shape index (κ3) is 4.86. The third-order valence-electron chi connectivity index (χ3n) is 5.33. The Bertz CT molecular complexity index is 755. The summed E-state index contributed by atoms with van der Waals surface area (Å²) in [6.07, 6.45) is 2.29. The van der Waals surface area contributed by atoms with Gasteiger partial charge in [-0.3, -0.25) is 9.69 Å². The van der Waals surface area contributed by atoms with E-state index in [0.717, 1.165) is 43.2 Å². The SMILES string of the molecule is COc1ccc(C(CNC(=O)c2ccccc2F)N2CCC(C)CC2)cc1. The van der Waals surface area contributed by atoms with Gasteiger partial charge in [0.25, 0.3) is 5.91 Å². The van der Waals surface area contributed by atoms with Gasteiger partial charge < -0.3 is 10.1 Å². The molecule has 1 N–H and O–H groups in total. The molecule has 1 aliphatic heterocycles. The smallest absolute Gasteiger partial charge is 0.254 e. The zero-order chi connectivity index (χ0) is 19.2. The highest BCUT2D eigenvalue weighted by atomic mass is 19.1. The summed E-state index contributed by atoms with van der Waals surface area (Å²) in [5.41, 5.74) is 1.21. The number of amides is 1. The Morgan fingerprint density at radius 1 is 1.19 bits per heavy atom. The molecule has 144 valence electrons. The van der Waals surface area contributed by atoms with Gasteiger partial charge in [-0.05, 0) is 61.7 Å². The molecule has 4 nitrogen and oxygen atoms in total. The van der Waals surface area contributed by atoms with Gasteiger partial charge in [0.2, 0.25) is 0 Å². The van der Waals surface area contributed by atoms with E-state index in [1.165, 1.54) is 12.1 Å². The van der Waals surface area contributed by atoms with Crippen molar-refractivity contribution in [2.24, 2.45) is 5.92 Å². The molecule has 1 unspecified atom stereocenters. The molecule has 1 amide bonds. The van der Waals surface area contributed by atoms with Gasteiger partial charge in [0, 0.05) is 6.54 Å². The second kappa shape index (κ2) is 9.00. The van der Waals surface area contributed by atoms with Crippen molar-refractivity contribution in [3.63, 3.8) is 0 Å². The number of methoxy groups -OCH3 is 1. The quantitative estimate of drug-likeness (QED) is 0.834. The van der Waals surface area contributed by atoms with Crippen LogP contribution in [0, 0.1) is 11.7 Å². The number of benzene rings is 2. The van der Waals surface area contributed by atoms with Gasteiger partial charge in [0.15, 0.2) is 0 Å². The molecule has 0 aliphatic carbocycles. The van der Waals surface area contributed by atoms with Crippen molar-refractivity contribution in [1.82, 2.24) is 10.2 Å². The van der Waals surface area contributed by atoms with E-state index in [4.69, 9.17) is 4.74 Å². The van der Waals surface area contributed by atoms with Crippen LogP contribution in [0.4, 0.5) is 4.39 Å². The molecule has 27 heavy (non-hydrogen) atoms. The van der Waals surface area contributed by atoms with E-state index in [0.29, 0.717) is 6.54 Å². The number of hydrogen-bond donors (Lipinski definition) is 1. The normalized spacial score (nSPS) is 16.7. The Balaban J connectivity index is 1.75. The molecule has 3 rings (SSSR count). The summed E-state index contributed by atoms with van der Waals surface area (Å²) in [7, 11) is 1.65. The fourth-order valence-corrected chi connectivity index (χ4v) is 3.55. The van der Waals surface area contributed by atoms with Crippen LogP contribution in [0.3, 0.4) is 0 Å². The minimum absolute atomic E-state index is 0.0547. The van der Waals surface area contributed by atoms with Gasteiger partial charge in [-0.1, -0.05) is 31.2 Å². The van der Waals surface area contributed by atoms with Crippen molar-refractivity contribution < 1.29 is 13.9 Å². The lowest BCUT2D eigenvalue weighted by Crippen LogP contribution is -2.42. The van der Waals surface area contributed by atoms with Crippen molar-refractivity contribution in [2.75, 3.05) is 26.7 Å². The molecule has 0 saturated carbocycles. The van der Waals surface area contributed by atoms with E-state index in [1.807, 2.05) is 24.3 Å². The number of halogens is 1. The van der Waals surface area contributed by atoms with Crippen LogP contribution >= 0.6 is 0 Å². The first-order chi connectivity index (χ1) is 13.1. The maximum atomic E-state index is 13.9. The Kier molecular flexibility index (Phi) is 6.45. The molecule has 2 aromatic carbocycles. The van der Waals surface area contributed by atoms with Gasteiger partial charge in [-0.15, -0.1) is 0 Å². The van der Waals surface area contributed by atoms with E-state index in [2.05, 4.69) is 17.1 Å². The lowest BCUT2D eigenvalue weighted by Gasteiger charge is -2.37. The largest absolute Gasteiger partial charge is 0.497 e. The summed E-state index contributed by atoms with van der Waals surface area (Å²) >= 11 is 0. The molecular formula is C22H27FN2O2. The van der Waals surface area contributed by atoms with Crippen LogP contribution in [0.2, 0.25) is 0 Å². The molecule has 5 heteroatoms. The third-order valence-corrected chi connectivity index (χ3v) is 5.33. The topological polar surface area (TPSA) is 41.6 Å². The fraction of sp³-hybridized carbons (Fsp3) is 0.409. The molecule has 1 atom stereocenters. The molecule has 0 radical (unpaired) electrons. The van der Waals surface area contributed by atoms with Crippen molar-refractivity contribution in [1.29, 1.82) is 0 Å². The molecule has 1 heterocycles. The Hall–Kier alpha value is -2.40. The number of hydrogen-bond acceptors (Lipinski definition) is 3. The number of carbonyl (C=O) groups is 1. The monoisotopic (exact) mass is 370 g/mol. The fourth-order valence-electron chi connectivity index (χ4n) is 3.55. The summed E-state index contributed by atoms with van der Waals surface area (Å²) in [5, 5.41) is 2.92. The number of rotatable bonds is 6. The minimum atomic E-state index is -0.497. The van der Waals surface area contributed by atoms with Crippen molar-refractivity contribution in [2.45, 2.75) is 25.8 Å². The second-order valence-electron chi connectivity index (χ2n) is 7.20. The number of ether oxygens (including phenoxy) is 1. The summed E-state index contributed by atoms with van der Waals surface area (Å²) in [6, 6.07) is 14.1. The van der Waals surface area contributed by atoms with Gasteiger partial charge >= 0.3 is 0 Å². The average molecular weight is 370 g/mol. The lowest BCUT2D eigenvalue weighted by atomic mass is 9.95. The van der Waals surface area contributed by atoms with Gasteiger partial charge in [0.05, 0.1) is 18.7 Å². The first kappa shape index (κ1) is 19.4. The number of likely N-dealkylation sites (tertiary alicyclic amines) is 1. The maximum Gasteiger partial charge on any atom is 0.254 e. The van der Waals surface area contributed by atoms with Gasteiger partial charge in [0.1, 0.15) is 11.6 Å². The molecule has 0 bridgehead atoms. The van der Waals surface area contributed by atoms with E-state index in [9.17, 15) is 9.18 Å². The highest BCUT2D eigenvalue weighted by molar-refractivity contribution is 5.94. The molecule has 2 aromatic rings. The summed E-state index contributed by atoms with van der Waals surface area (Å²) in [6.45, 7) is 4.70. The first-order valence-corrected chi connectivity index (χ1v) is 9.49. The van der Waals surface area contributed by atoms with E-state index >= 15 is 0 Å². The zero-order valence-electron chi connectivity index (χ0n) is 16.0. The van der Waals surface area contributed by atoms with Crippen molar-refractivity contribution >= 4 is 5.91 Å². The van der Waals surface area contributed by atoms with E-state index in [-0.39, 0.29) is 17.5 Å². The van der Waals surface area contributed by atoms with E-state index < -0.39 is 5.82 Å². The Morgan fingerprint density at radius 2 is 1.85 bits per heavy atom. The second-order valence-corrected chi connectivity index (χ2v) is 7.20. The number of carbonyl (C=O) groups excluding carboxylic acids is 1.